The van der Waals surface area contributed by atoms with Crippen LogP contribution in [0.2, 0.25) is 0 Å². The largest absolute Gasteiger partial charge is 0.218 e. The average molecular weight is 498 g/mol. The minimum absolute atomic E-state index is 0.386. The van der Waals surface area contributed by atoms with Gasteiger partial charge >= 0.3 is 0 Å². The zero-order valence-electron chi connectivity index (χ0n) is 10.4. The molecule has 0 fully saturated rings. The zero-order valence-corrected chi connectivity index (χ0v) is 15.6. The lowest BCUT2D eigenvalue weighted by molar-refractivity contribution is 0.595. The molecule has 0 spiro atoms. The van der Waals surface area contributed by atoms with Crippen molar-refractivity contribution in [3.8, 4) is 0 Å². The first kappa shape index (κ1) is 15.2. The number of hydrogen-bond donors (Lipinski definition) is 0. The summed E-state index contributed by atoms with van der Waals surface area (Å²) in [5.74, 6) is 0. The highest BCUT2D eigenvalue weighted by Gasteiger charge is 2.21. The zero-order chi connectivity index (χ0) is 14.2. The molecule has 0 heterocycles. The second-order valence-electron chi connectivity index (χ2n) is 4.32. The van der Waals surface area contributed by atoms with Crippen LogP contribution in [-0.2, 0) is 9.84 Å². The molecular weight excluding hydrogens is 486 g/mol. The molecule has 0 unspecified atom stereocenters. The molecule has 5 heteroatoms. The van der Waals surface area contributed by atoms with Crippen molar-refractivity contribution in [1.82, 2.24) is 0 Å². The van der Waals surface area contributed by atoms with Gasteiger partial charge in [-0.1, -0.05) is 0 Å². The van der Waals surface area contributed by atoms with Crippen LogP contribution in [0.5, 0.6) is 0 Å². The molecule has 2 aromatic rings. The van der Waals surface area contributed by atoms with Crippen molar-refractivity contribution < 1.29 is 8.42 Å². The number of benzene rings is 2. The molecule has 0 aromatic heterocycles. The summed E-state index contributed by atoms with van der Waals surface area (Å²) in [6.07, 6.45) is 0. The first-order chi connectivity index (χ1) is 8.82. The highest BCUT2D eigenvalue weighted by molar-refractivity contribution is 14.1. The van der Waals surface area contributed by atoms with Gasteiger partial charge in [-0.15, -0.1) is 0 Å². The summed E-state index contributed by atoms with van der Waals surface area (Å²) in [6.45, 7) is 3.66. The van der Waals surface area contributed by atoms with Gasteiger partial charge < -0.3 is 0 Å². The molecule has 0 aliphatic carbocycles. The number of rotatable bonds is 2. The molecule has 0 bridgehead atoms. The van der Waals surface area contributed by atoms with E-state index >= 15 is 0 Å². The van der Waals surface area contributed by atoms with Gasteiger partial charge in [0.15, 0.2) is 0 Å². The first-order valence-corrected chi connectivity index (χ1v) is 9.24. The van der Waals surface area contributed by atoms with Crippen LogP contribution in [0.25, 0.3) is 0 Å². The Kier molecular flexibility index (Phi) is 4.56. The molecule has 19 heavy (non-hydrogen) atoms. The minimum Gasteiger partial charge on any atom is -0.218 e. The quantitative estimate of drug-likeness (QED) is 0.578. The fourth-order valence-electron chi connectivity index (χ4n) is 1.95. The van der Waals surface area contributed by atoms with Crippen molar-refractivity contribution in [1.29, 1.82) is 0 Å². The maximum Gasteiger partial charge on any atom is 0.207 e. The molecule has 0 saturated carbocycles. The Bertz CT molecular complexity index is 680. The topological polar surface area (TPSA) is 34.1 Å². The van der Waals surface area contributed by atoms with Crippen LogP contribution < -0.4 is 0 Å². The summed E-state index contributed by atoms with van der Waals surface area (Å²) in [4.78, 5) is 0.773. The number of aryl methyl sites for hydroxylation is 2. The molecule has 2 nitrogen and oxygen atoms in total. The predicted molar refractivity (Wildman–Crippen MR) is 93.2 cm³/mol. The summed E-state index contributed by atoms with van der Waals surface area (Å²) in [6, 6.07) is 10.8. The van der Waals surface area contributed by atoms with Crippen LogP contribution in [0.15, 0.2) is 46.2 Å². The van der Waals surface area contributed by atoms with E-state index in [0.717, 1.165) is 18.3 Å². The Morgan fingerprint density at radius 1 is 0.789 bits per heavy atom. The molecule has 100 valence electrons. The molecule has 0 aliphatic rings. The van der Waals surface area contributed by atoms with Gasteiger partial charge in [-0.25, -0.2) is 8.42 Å². The van der Waals surface area contributed by atoms with Gasteiger partial charge in [0, 0.05) is 7.14 Å². The van der Waals surface area contributed by atoms with Crippen LogP contribution in [0, 0.1) is 21.0 Å². The van der Waals surface area contributed by atoms with E-state index in [1.165, 1.54) is 0 Å². The third-order valence-corrected chi connectivity index (χ3v) is 6.27. The molecular formula is C14H12I2O2S. The van der Waals surface area contributed by atoms with Crippen molar-refractivity contribution in [2.45, 2.75) is 23.6 Å². The van der Waals surface area contributed by atoms with Gasteiger partial charge in [0.05, 0.1) is 9.79 Å². The van der Waals surface area contributed by atoms with Gasteiger partial charge in [0.25, 0.3) is 0 Å². The first-order valence-electron chi connectivity index (χ1n) is 5.60. The normalized spacial score (nSPS) is 11.6. The molecule has 0 saturated heterocycles. The predicted octanol–water partition coefficient (Wildman–Crippen LogP) is 4.35. The Hall–Kier alpha value is -0.150. The molecule has 0 N–H and O–H groups in total. The highest BCUT2D eigenvalue weighted by Crippen LogP contribution is 2.28. The van der Waals surface area contributed by atoms with E-state index in [9.17, 15) is 8.42 Å². The van der Waals surface area contributed by atoms with E-state index in [-0.39, 0.29) is 0 Å². The molecule has 0 atom stereocenters. The van der Waals surface area contributed by atoms with E-state index in [1.807, 2.05) is 38.1 Å². The number of hydrogen-bond acceptors (Lipinski definition) is 2. The molecule has 0 aliphatic heterocycles. The fraction of sp³-hybridized carbons (Fsp3) is 0.143. The maximum absolute atomic E-state index is 12.7. The number of halogens is 2. The van der Waals surface area contributed by atoms with Crippen molar-refractivity contribution in [3.63, 3.8) is 0 Å². The Morgan fingerprint density at radius 2 is 1.16 bits per heavy atom. The number of sulfone groups is 1. The van der Waals surface area contributed by atoms with Crippen LogP contribution in [0.4, 0.5) is 0 Å². The van der Waals surface area contributed by atoms with Crippen LogP contribution >= 0.6 is 45.2 Å². The molecule has 2 rings (SSSR count). The summed E-state index contributed by atoms with van der Waals surface area (Å²) in [5.41, 5.74) is 1.56. The van der Waals surface area contributed by atoms with Crippen molar-refractivity contribution in [2.24, 2.45) is 0 Å². The van der Waals surface area contributed by atoms with Crippen LogP contribution in [0.1, 0.15) is 11.1 Å². The summed E-state index contributed by atoms with van der Waals surface area (Å²) >= 11 is 4.36. The third kappa shape index (κ3) is 3.13. The Morgan fingerprint density at radius 3 is 1.47 bits per heavy atom. The monoisotopic (exact) mass is 498 g/mol. The van der Waals surface area contributed by atoms with E-state index in [0.29, 0.717) is 9.79 Å². The van der Waals surface area contributed by atoms with Gasteiger partial charge in [-0.05, 0) is 107 Å². The van der Waals surface area contributed by atoms with E-state index in [2.05, 4.69) is 45.2 Å². The highest BCUT2D eigenvalue weighted by atomic mass is 127. The van der Waals surface area contributed by atoms with Gasteiger partial charge in [-0.3, -0.25) is 0 Å². The van der Waals surface area contributed by atoms with Gasteiger partial charge in [0.2, 0.25) is 9.84 Å². The van der Waals surface area contributed by atoms with E-state index < -0.39 is 9.84 Å². The Balaban J connectivity index is 2.65. The van der Waals surface area contributed by atoms with Crippen molar-refractivity contribution in [3.05, 3.63) is 54.7 Å². The second-order valence-corrected chi connectivity index (χ2v) is 8.70. The van der Waals surface area contributed by atoms with Gasteiger partial charge in [0.1, 0.15) is 0 Å². The fourth-order valence-corrected chi connectivity index (χ4v) is 4.94. The second kappa shape index (κ2) is 5.69. The van der Waals surface area contributed by atoms with E-state index in [4.69, 9.17) is 0 Å². The lowest BCUT2D eigenvalue weighted by Gasteiger charge is -2.11. The van der Waals surface area contributed by atoms with Crippen molar-refractivity contribution in [2.75, 3.05) is 0 Å². The third-order valence-electron chi connectivity index (χ3n) is 2.85. The minimum atomic E-state index is -3.44. The standard InChI is InChI=1S/C14H12I2O2S/c1-9-7-11(15)3-5-13(9)19(17,18)14-6-4-12(16)8-10(14)2/h3-8H,1-2H3. The van der Waals surface area contributed by atoms with E-state index in [1.54, 1.807) is 12.1 Å². The smallest absolute Gasteiger partial charge is 0.207 e. The summed E-state index contributed by atoms with van der Waals surface area (Å²) < 4.78 is 27.5. The lowest BCUT2D eigenvalue weighted by Crippen LogP contribution is -2.06. The summed E-state index contributed by atoms with van der Waals surface area (Å²) in [5, 5.41) is 0. The molecule has 0 amide bonds. The Labute approximate surface area is 140 Å². The van der Waals surface area contributed by atoms with Crippen molar-refractivity contribution >= 4 is 55.0 Å². The maximum atomic E-state index is 12.7. The molecule has 0 radical (unpaired) electrons. The SMILES string of the molecule is Cc1cc(I)ccc1S(=O)(=O)c1ccc(I)cc1C. The molecule has 2 aromatic carbocycles. The average Bonchev–Trinajstić information content (AvgIpc) is 2.27. The summed E-state index contributed by atoms with van der Waals surface area (Å²) in [7, 11) is -3.44. The van der Waals surface area contributed by atoms with Crippen LogP contribution in [-0.4, -0.2) is 8.42 Å². The lowest BCUT2D eigenvalue weighted by atomic mass is 10.2. The van der Waals surface area contributed by atoms with Gasteiger partial charge in [-0.2, -0.15) is 0 Å². The van der Waals surface area contributed by atoms with Crippen LogP contribution in [0.3, 0.4) is 0 Å².